The van der Waals surface area contributed by atoms with Crippen LogP contribution in [-0.2, 0) is 19.2 Å². The van der Waals surface area contributed by atoms with Crippen molar-refractivity contribution in [3.05, 3.63) is 0 Å². The highest BCUT2D eigenvalue weighted by Gasteiger charge is 2.32. The predicted molar refractivity (Wildman–Crippen MR) is 125 cm³/mol. The molecule has 0 aromatic rings. The van der Waals surface area contributed by atoms with Gasteiger partial charge in [0.05, 0.1) is 6.04 Å². The first kappa shape index (κ1) is 27.6. The fraction of sp³-hybridized carbons (Fsp3) is 0.800. The zero-order valence-electron chi connectivity index (χ0n) is 18.7. The van der Waals surface area contributed by atoms with Gasteiger partial charge in [-0.05, 0) is 62.2 Å². The summed E-state index contributed by atoms with van der Waals surface area (Å²) in [6, 6.07) is -2.98. The number of aliphatic carboxylic acids is 1. The van der Waals surface area contributed by atoms with Gasteiger partial charge in [0.1, 0.15) is 18.1 Å². The van der Waals surface area contributed by atoms with Gasteiger partial charge in [-0.1, -0.05) is 13.8 Å². The van der Waals surface area contributed by atoms with Crippen molar-refractivity contribution in [2.45, 2.75) is 63.7 Å². The quantitative estimate of drug-likeness (QED) is 0.244. The van der Waals surface area contributed by atoms with Crippen LogP contribution in [0, 0.1) is 5.92 Å². The number of rotatable bonds is 14. The molecule has 1 aliphatic heterocycles. The molecule has 11 heteroatoms. The van der Waals surface area contributed by atoms with Gasteiger partial charge >= 0.3 is 5.97 Å². The van der Waals surface area contributed by atoms with E-state index in [9.17, 15) is 24.3 Å². The largest absolute Gasteiger partial charge is 0.480 e. The zero-order valence-corrected chi connectivity index (χ0v) is 20.4. The minimum absolute atomic E-state index is 0.215. The third-order valence-electron chi connectivity index (χ3n) is 5.09. The molecule has 9 nitrogen and oxygen atoms in total. The summed E-state index contributed by atoms with van der Waals surface area (Å²) in [4.78, 5) is 49.7. The zero-order chi connectivity index (χ0) is 23.4. The Morgan fingerprint density at radius 2 is 1.58 bits per heavy atom. The number of carboxylic acids is 1. The molecule has 3 amide bonds. The van der Waals surface area contributed by atoms with E-state index in [1.165, 1.54) is 11.8 Å². The summed E-state index contributed by atoms with van der Waals surface area (Å²) >= 11 is 3.06. The van der Waals surface area contributed by atoms with Crippen LogP contribution in [0.5, 0.6) is 0 Å². The summed E-state index contributed by atoms with van der Waals surface area (Å²) in [7, 11) is 0. The Bertz CT molecular complexity index is 614. The van der Waals surface area contributed by atoms with Gasteiger partial charge in [-0.3, -0.25) is 14.4 Å². The monoisotopic (exact) mass is 476 g/mol. The number of hydrogen-bond acceptors (Lipinski definition) is 7. The molecule has 178 valence electrons. The molecule has 0 spiro atoms. The van der Waals surface area contributed by atoms with Crippen LogP contribution in [0.25, 0.3) is 0 Å². The van der Waals surface area contributed by atoms with Crippen LogP contribution in [0.4, 0.5) is 0 Å². The first-order chi connectivity index (χ1) is 14.7. The van der Waals surface area contributed by atoms with Crippen LogP contribution in [-0.4, -0.2) is 83.5 Å². The number of amides is 3. The second kappa shape index (κ2) is 14.6. The van der Waals surface area contributed by atoms with E-state index < -0.39 is 35.9 Å². The maximum Gasteiger partial charge on any atom is 0.326 e. The Morgan fingerprint density at radius 3 is 2.06 bits per heavy atom. The fourth-order valence-corrected chi connectivity index (χ4v) is 4.17. The number of hydrogen-bond donors (Lipinski definition) is 5. The smallest absolute Gasteiger partial charge is 0.326 e. The van der Waals surface area contributed by atoms with E-state index in [4.69, 9.17) is 0 Å². The summed E-state index contributed by atoms with van der Waals surface area (Å²) in [6.45, 7) is 4.33. The van der Waals surface area contributed by atoms with Crippen LogP contribution in [0.1, 0.15) is 39.5 Å². The van der Waals surface area contributed by atoms with Gasteiger partial charge < -0.3 is 26.4 Å². The van der Waals surface area contributed by atoms with Gasteiger partial charge in [-0.15, -0.1) is 0 Å². The van der Waals surface area contributed by atoms with Crippen molar-refractivity contribution >= 4 is 47.2 Å². The average molecular weight is 477 g/mol. The van der Waals surface area contributed by atoms with E-state index >= 15 is 0 Å². The van der Waals surface area contributed by atoms with Crippen molar-refractivity contribution in [3.63, 3.8) is 0 Å². The molecule has 5 N–H and O–H groups in total. The summed E-state index contributed by atoms with van der Waals surface area (Å²) < 4.78 is 0. The number of carboxylic acid groups (broad SMARTS) is 1. The first-order valence-electron chi connectivity index (χ1n) is 10.6. The number of thioether (sulfide) groups is 2. The van der Waals surface area contributed by atoms with Crippen molar-refractivity contribution in [1.29, 1.82) is 0 Å². The van der Waals surface area contributed by atoms with E-state index in [2.05, 4.69) is 21.3 Å². The molecule has 0 aromatic heterocycles. The van der Waals surface area contributed by atoms with Crippen molar-refractivity contribution in [2.24, 2.45) is 5.92 Å². The molecule has 4 atom stereocenters. The Labute approximate surface area is 193 Å². The summed E-state index contributed by atoms with van der Waals surface area (Å²) in [6.07, 6.45) is 6.15. The van der Waals surface area contributed by atoms with Gasteiger partial charge in [0.25, 0.3) is 0 Å². The lowest BCUT2D eigenvalue weighted by molar-refractivity contribution is -0.142. The van der Waals surface area contributed by atoms with Crippen LogP contribution < -0.4 is 21.3 Å². The molecule has 4 unspecified atom stereocenters. The van der Waals surface area contributed by atoms with Gasteiger partial charge in [0, 0.05) is 0 Å². The van der Waals surface area contributed by atoms with Gasteiger partial charge in [-0.25, -0.2) is 4.79 Å². The topological polar surface area (TPSA) is 137 Å². The molecule has 1 rings (SSSR count). The second-order valence-corrected chi connectivity index (χ2v) is 9.87. The van der Waals surface area contributed by atoms with E-state index in [1.54, 1.807) is 25.6 Å². The number of nitrogens with one attached hydrogen (secondary N) is 4. The standard InChI is InChI=1S/C20H36N4O5S2/c1-12(2)16(19(27)23-15(20(28)29)8-11-31-4)24-18(26)14(7-10-30-3)22-17(25)13-6-5-9-21-13/h12-16,21H,5-11H2,1-4H3,(H,22,25)(H,23,27)(H,24,26)(H,28,29). The minimum Gasteiger partial charge on any atom is -0.480 e. The van der Waals surface area contributed by atoms with Gasteiger partial charge in [0.15, 0.2) is 0 Å². The van der Waals surface area contributed by atoms with Crippen molar-refractivity contribution in [2.75, 3.05) is 30.6 Å². The lowest BCUT2D eigenvalue weighted by atomic mass is 10.0. The number of carbonyl (C=O) groups excluding carboxylic acids is 3. The second-order valence-electron chi connectivity index (χ2n) is 7.90. The van der Waals surface area contributed by atoms with Crippen LogP contribution in [0.3, 0.4) is 0 Å². The number of carbonyl (C=O) groups is 4. The van der Waals surface area contributed by atoms with Crippen molar-refractivity contribution in [1.82, 2.24) is 21.3 Å². The highest BCUT2D eigenvalue weighted by molar-refractivity contribution is 7.98. The molecule has 1 fully saturated rings. The Balaban J connectivity index is 2.82. The maximum absolute atomic E-state index is 13.0. The van der Waals surface area contributed by atoms with E-state index in [-0.39, 0.29) is 17.9 Å². The normalized spacial score (nSPS) is 18.8. The third-order valence-corrected chi connectivity index (χ3v) is 6.38. The highest BCUT2D eigenvalue weighted by atomic mass is 32.2. The van der Waals surface area contributed by atoms with E-state index in [0.717, 1.165) is 19.4 Å². The average Bonchev–Trinajstić information content (AvgIpc) is 3.26. The van der Waals surface area contributed by atoms with Crippen LogP contribution in [0.15, 0.2) is 0 Å². The molecule has 1 saturated heterocycles. The van der Waals surface area contributed by atoms with Gasteiger partial charge in [-0.2, -0.15) is 23.5 Å². The van der Waals surface area contributed by atoms with Crippen LogP contribution >= 0.6 is 23.5 Å². The predicted octanol–water partition coefficient (Wildman–Crippen LogP) is 0.440. The van der Waals surface area contributed by atoms with Gasteiger partial charge in [0.2, 0.25) is 17.7 Å². The lowest BCUT2D eigenvalue weighted by Gasteiger charge is -2.27. The molecule has 1 aliphatic rings. The molecule has 0 saturated carbocycles. The molecule has 0 aliphatic carbocycles. The van der Waals surface area contributed by atoms with Crippen molar-refractivity contribution < 1.29 is 24.3 Å². The first-order valence-corrected chi connectivity index (χ1v) is 13.3. The van der Waals surface area contributed by atoms with E-state index in [1.807, 2.05) is 12.5 Å². The Kier molecular flexibility index (Phi) is 13.0. The molecular weight excluding hydrogens is 440 g/mol. The highest BCUT2D eigenvalue weighted by Crippen LogP contribution is 2.10. The summed E-state index contributed by atoms with van der Waals surface area (Å²) in [5.74, 6) is -1.29. The molecule has 0 aromatic carbocycles. The third kappa shape index (κ3) is 9.69. The molecule has 0 radical (unpaired) electrons. The van der Waals surface area contributed by atoms with E-state index in [0.29, 0.717) is 24.3 Å². The lowest BCUT2D eigenvalue weighted by Crippen LogP contribution is -2.58. The summed E-state index contributed by atoms with van der Waals surface area (Å²) in [5.41, 5.74) is 0. The molecule has 31 heavy (non-hydrogen) atoms. The van der Waals surface area contributed by atoms with Crippen molar-refractivity contribution in [3.8, 4) is 0 Å². The Hall–Kier alpha value is -1.46. The van der Waals surface area contributed by atoms with Crippen LogP contribution in [0.2, 0.25) is 0 Å². The minimum atomic E-state index is -1.11. The molecule has 0 bridgehead atoms. The fourth-order valence-electron chi connectivity index (χ4n) is 3.23. The summed E-state index contributed by atoms with van der Waals surface area (Å²) in [5, 5.41) is 20.6. The molecular formula is C20H36N4O5S2. The SMILES string of the molecule is CSCCC(NC(=O)C(NC(=O)C(CCSC)NC(=O)C1CCCN1)C(C)C)C(=O)O. The maximum atomic E-state index is 13.0. The Morgan fingerprint density at radius 1 is 0.968 bits per heavy atom. The molecule has 1 heterocycles.